The van der Waals surface area contributed by atoms with E-state index in [4.69, 9.17) is 5.41 Å². The quantitative estimate of drug-likeness (QED) is 0.385. The first-order chi connectivity index (χ1) is 15.0. The number of carbonyl (C=O) groups is 1. The van der Waals surface area contributed by atoms with Gasteiger partial charge in [-0.15, -0.1) is 0 Å². The highest BCUT2D eigenvalue weighted by Gasteiger charge is 2.21. The van der Waals surface area contributed by atoms with Crippen LogP contribution in [0.1, 0.15) is 72.6 Å². The summed E-state index contributed by atoms with van der Waals surface area (Å²) in [6.07, 6.45) is 9.15. The molecule has 0 saturated heterocycles. The van der Waals surface area contributed by atoms with Crippen LogP contribution in [-0.4, -0.2) is 28.2 Å². The zero-order chi connectivity index (χ0) is 22.6. The molecule has 0 aliphatic rings. The van der Waals surface area contributed by atoms with Crippen molar-refractivity contribution in [3.05, 3.63) is 88.7 Å². The number of amides is 1. The summed E-state index contributed by atoms with van der Waals surface area (Å²) in [5.74, 6) is -0.135. The Bertz CT molecular complexity index is 920. The molecular weight excluding hydrogens is 382 g/mol. The third kappa shape index (κ3) is 7.02. The summed E-state index contributed by atoms with van der Waals surface area (Å²) >= 11 is 0. The summed E-state index contributed by atoms with van der Waals surface area (Å²) in [5.41, 5.74) is 5.15. The molecule has 2 rings (SSSR count). The monoisotopic (exact) mass is 417 g/mol. The minimum atomic E-state index is -0.135. The molecule has 1 aromatic carbocycles. The first kappa shape index (κ1) is 24.3. The molecule has 2 aromatic rings. The van der Waals surface area contributed by atoms with E-state index in [1.54, 1.807) is 11.1 Å². The van der Waals surface area contributed by atoms with Crippen molar-refractivity contribution in [2.75, 3.05) is 0 Å². The lowest BCUT2D eigenvalue weighted by Crippen LogP contribution is -2.38. The van der Waals surface area contributed by atoms with Crippen molar-refractivity contribution in [2.45, 2.75) is 65.8 Å². The maximum Gasteiger partial charge on any atom is 0.259 e. The van der Waals surface area contributed by atoms with Gasteiger partial charge in [0.1, 0.15) is 0 Å². The van der Waals surface area contributed by atoms with Crippen LogP contribution in [0.15, 0.2) is 60.9 Å². The molecule has 0 bridgehead atoms. The van der Waals surface area contributed by atoms with E-state index in [1.807, 2.05) is 37.4 Å². The van der Waals surface area contributed by atoms with Crippen molar-refractivity contribution in [3.63, 3.8) is 0 Å². The lowest BCUT2D eigenvalue weighted by molar-refractivity contribution is 0.0799. The normalized spacial score (nSPS) is 11.4. The van der Waals surface area contributed by atoms with Gasteiger partial charge >= 0.3 is 0 Å². The molecule has 0 fully saturated rings. The summed E-state index contributed by atoms with van der Waals surface area (Å²) in [5, 5.41) is 7.89. The van der Waals surface area contributed by atoms with Gasteiger partial charge in [0, 0.05) is 24.0 Å². The molecule has 0 radical (unpaired) electrons. The van der Waals surface area contributed by atoms with Gasteiger partial charge < -0.3 is 0 Å². The van der Waals surface area contributed by atoms with Crippen molar-refractivity contribution in [1.29, 1.82) is 5.41 Å². The maximum atomic E-state index is 13.4. The number of hydrogen-bond donors (Lipinski definition) is 1. The van der Waals surface area contributed by atoms with Crippen LogP contribution in [0.3, 0.4) is 0 Å². The van der Waals surface area contributed by atoms with Crippen LogP contribution in [-0.2, 0) is 12.8 Å². The van der Waals surface area contributed by atoms with E-state index in [-0.39, 0.29) is 11.9 Å². The molecule has 1 aromatic heterocycles. The lowest BCUT2D eigenvalue weighted by atomic mass is 9.99. The SMILES string of the molecule is CCC[C@@H](CC)N(C=N)C(=O)c1ccccncc(C)c(Cc2ccc(CC)cc2)c1. The fourth-order valence-corrected chi connectivity index (χ4v) is 3.63. The molecule has 164 valence electrons. The molecule has 0 spiro atoms. The zero-order valence-electron chi connectivity index (χ0n) is 19.3. The van der Waals surface area contributed by atoms with Crippen molar-refractivity contribution in [1.82, 2.24) is 9.88 Å². The summed E-state index contributed by atoms with van der Waals surface area (Å²) in [7, 11) is 0. The molecule has 4 nitrogen and oxygen atoms in total. The third-order valence-corrected chi connectivity index (χ3v) is 5.60. The summed E-state index contributed by atoms with van der Waals surface area (Å²) in [4.78, 5) is 19.4. The first-order valence-electron chi connectivity index (χ1n) is 11.2. The minimum absolute atomic E-state index is 0.0342. The molecule has 1 atom stereocenters. The van der Waals surface area contributed by atoms with E-state index in [0.717, 1.165) is 36.8 Å². The van der Waals surface area contributed by atoms with E-state index in [0.29, 0.717) is 12.0 Å². The van der Waals surface area contributed by atoms with E-state index < -0.39 is 0 Å². The summed E-state index contributed by atoms with van der Waals surface area (Å²) in [6, 6.07) is 16.1. The molecule has 4 heteroatoms. The fourth-order valence-electron chi connectivity index (χ4n) is 3.63. The highest BCUT2D eigenvalue weighted by atomic mass is 16.2. The second-order valence-corrected chi connectivity index (χ2v) is 7.83. The van der Waals surface area contributed by atoms with E-state index in [1.165, 1.54) is 17.5 Å². The van der Waals surface area contributed by atoms with Gasteiger partial charge in [-0.2, -0.15) is 0 Å². The number of hydrogen-bond acceptors (Lipinski definition) is 3. The summed E-state index contributed by atoms with van der Waals surface area (Å²) in [6.45, 7) is 8.35. The van der Waals surface area contributed by atoms with Gasteiger partial charge in [0.25, 0.3) is 5.91 Å². The third-order valence-electron chi connectivity index (χ3n) is 5.60. The topological polar surface area (TPSA) is 57.1 Å². The van der Waals surface area contributed by atoms with Gasteiger partial charge in [0.15, 0.2) is 0 Å². The van der Waals surface area contributed by atoms with Gasteiger partial charge in [0.2, 0.25) is 0 Å². The van der Waals surface area contributed by atoms with Crippen molar-refractivity contribution < 1.29 is 4.79 Å². The molecule has 31 heavy (non-hydrogen) atoms. The predicted octanol–water partition coefficient (Wildman–Crippen LogP) is 6.30. The number of aryl methyl sites for hydroxylation is 2. The number of nitrogens with one attached hydrogen (secondary N) is 1. The van der Waals surface area contributed by atoms with Crippen LogP contribution in [0.25, 0.3) is 0 Å². The molecule has 0 saturated carbocycles. The fraction of sp³-hybridized carbons (Fsp3) is 0.370. The molecule has 1 amide bonds. The van der Waals surface area contributed by atoms with Crippen LogP contribution in [0.5, 0.6) is 0 Å². The van der Waals surface area contributed by atoms with Crippen LogP contribution < -0.4 is 0 Å². The standard InChI is InChI=1S/C27H35N3O/c1-5-10-26(7-3)30(20-28)27(31)24-11-8-9-16-29-19-21(4)25(18-24)17-23-14-12-22(6-2)13-15-23/h8-9,11-16,18-20,26,28H,5-7,10,17H2,1-4H3/t26-/m1/s1. The largest absolute Gasteiger partial charge is 0.296 e. The van der Waals surface area contributed by atoms with Gasteiger partial charge in [0.05, 0.1) is 6.34 Å². The van der Waals surface area contributed by atoms with Gasteiger partial charge in [-0.25, -0.2) is 0 Å². The Balaban J connectivity index is 2.54. The Morgan fingerprint density at radius 2 is 1.81 bits per heavy atom. The van der Waals surface area contributed by atoms with Crippen LogP contribution in [0.4, 0.5) is 0 Å². The lowest BCUT2D eigenvalue weighted by Gasteiger charge is -2.26. The number of benzene rings is 1. The van der Waals surface area contributed by atoms with Crippen LogP contribution in [0.2, 0.25) is 0 Å². The Labute approximate surface area is 187 Å². The maximum absolute atomic E-state index is 13.4. The molecular formula is C27H35N3O. The highest BCUT2D eigenvalue weighted by Crippen LogP contribution is 2.17. The molecule has 0 aliphatic heterocycles. The average Bonchev–Trinajstić information content (AvgIpc) is 2.79. The Hall–Kier alpha value is -3.01. The first-order valence-corrected chi connectivity index (χ1v) is 11.2. The number of rotatable bonds is 9. The number of aromatic nitrogens is 1. The molecule has 1 heterocycles. The Morgan fingerprint density at radius 3 is 2.42 bits per heavy atom. The van der Waals surface area contributed by atoms with Crippen LogP contribution in [0, 0.1) is 12.3 Å². The van der Waals surface area contributed by atoms with Gasteiger partial charge in [-0.1, -0.05) is 57.5 Å². The van der Waals surface area contributed by atoms with E-state index >= 15 is 0 Å². The Morgan fingerprint density at radius 1 is 1.10 bits per heavy atom. The zero-order valence-corrected chi connectivity index (χ0v) is 19.3. The number of carbonyl (C=O) groups excluding carboxylic acids is 1. The van der Waals surface area contributed by atoms with E-state index in [2.05, 4.69) is 50.0 Å². The summed E-state index contributed by atoms with van der Waals surface area (Å²) < 4.78 is 0. The van der Waals surface area contributed by atoms with Crippen LogP contribution >= 0.6 is 0 Å². The average molecular weight is 418 g/mol. The Kier molecular flexibility index (Phi) is 9.89. The number of nitrogens with zero attached hydrogens (tertiary/aromatic N) is 2. The molecule has 0 unspecified atom stereocenters. The van der Waals surface area contributed by atoms with Crippen molar-refractivity contribution in [3.8, 4) is 0 Å². The van der Waals surface area contributed by atoms with E-state index in [9.17, 15) is 4.79 Å². The molecule has 1 N–H and O–H groups in total. The van der Waals surface area contributed by atoms with Gasteiger partial charge in [-0.3, -0.25) is 20.1 Å². The minimum Gasteiger partial charge on any atom is -0.296 e. The second kappa shape index (κ2) is 12.6. The predicted molar refractivity (Wildman–Crippen MR) is 129 cm³/mol. The smallest absolute Gasteiger partial charge is 0.259 e. The molecule has 0 aliphatic carbocycles. The van der Waals surface area contributed by atoms with Crippen molar-refractivity contribution >= 4 is 12.2 Å². The highest BCUT2D eigenvalue weighted by molar-refractivity contribution is 6.00. The second-order valence-electron chi connectivity index (χ2n) is 7.83. The van der Waals surface area contributed by atoms with Crippen molar-refractivity contribution in [2.24, 2.45) is 0 Å². The van der Waals surface area contributed by atoms with Gasteiger partial charge in [-0.05, 0) is 73.1 Å².